The van der Waals surface area contributed by atoms with Crippen molar-refractivity contribution in [2.75, 3.05) is 11.5 Å². The molecule has 2 heteroatoms. The normalized spacial score (nSPS) is 9.00. The third-order valence-corrected chi connectivity index (χ3v) is 3.97. The highest BCUT2D eigenvalue weighted by molar-refractivity contribution is 8.76. The SMILES string of the molecule is CCCC.CCCSSCCC. The summed E-state index contributed by atoms with van der Waals surface area (Å²) in [7, 11) is 3.99. The standard InChI is InChI=1S/C6H14S2.C4H10/c1-3-5-7-8-6-4-2;1-3-4-2/h3-6H2,1-2H3;3-4H2,1-2H3. The van der Waals surface area contributed by atoms with Gasteiger partial charge in [0.25, 0.3) is 0 Å². The third kappa shape index (κ3) is 22.4. The second-order valence-electron chi connectivity index (χ2n) is 2.64. The molecule has 0 fully saturated rings. The third-order valence-electron chi connectivity index (χ3n) is 1.16. The van der Waals surface area contributed by atoms with E-state index in [1.807, 2.05) is 21.6 Å². The Hall–Kier alpha value is 0.700. The summed E-state index contributed by atoms with van der Waals surface area (Å²) in [6.45, 7) is 8.80. The summed E-state index contributed by atoms with van der Waals surface area (Å²) < 4.78 is 0. The Morgan fingerprint density at radius 2 is 0.917 bits per heavy atom. The van der Waals surface area contributed by atoms with E-state index < -0.39 is 0 Å². The van der Waals surface area contributed by atoms with Crippen molar-refractivity contribution in [3.8, 4) is 0 Å². The fourth-order valence-corrected chi connectivity index (χ4v) is 2.56. The number of hydrogen-bond acceptors (Lipinski definition) is 2. The summed E-state index contributed by atoms with van der Waals surface area (Å²) in [4.78, 5) is 0. The van der Waals surface area contributed by atoms with Crippen molar-refractivity contribution in [3.05, 3.63) is 0 Å². The predicted molar refractivity (Wildman–Crippen MR) is 66.1 cm³/mol. The van der Waals surface area contributed by atoms with Gasteiger partial charge in [-0.25, -0.2) is 0 Å². The minimum absolute atomic E-state index is 1.31. The zero-order valence-corrected chi connectivity index (χ0v) is 10.7. The largest absolute Gasteiger partial charge is 0.0942 e. The summed E-state index contributed by atoms with van der Waals surface area (Å²) in [5, 5.41) is 0. The first kappa shape index (κ1) is 15.2. The van der Waals surface area contributed by atoms with Crippen molar-refractivity contribution in [2.24, 2.45) is 0 Å². The molecule has 0 rings (SSSR count). The molecule has 0 heterocycles. The quantitative estimate of drug-likeness (QED) is 0.445. The van der Waals surface area contributed by atoms with Crippen molar-refractivity contribution in [1.82, 2.24) is 0 Å². The average Bonchev–Trinajstić information content (AvgIpc) is 2.13. The molecule has 0 atom stereocenters. The molecule has 0 aromatic rings. The molecule has 0 radical (unpaired) electrons. The van der Waals surface area contributed by atoms with Crippen molar-refractivity contribution < 1.29 is 0 Å². The summed E-state index contributed by atoms with van der Waals surface area (Å²) in [6, 6.07) is 0. The maximum absolute atomic E-state index is 2.22. The first-order valence-electron chi connectivity index (χ1n) is 5.07. The van der Waals surface area contributed by atoms with Gasteiger partial charge in [0.05, 0.1) is 0 Å². The van der Waals surface area contributed by atoms with Crippen LogP contribution in [0.3, 0.4) is 0 Å². The molecule has 0 aliphatic heterocycles. The minimum atomic E-state index is 1.31. The lowest BCUT2D eigenvalue weighted by Gasteiger charge is -1.93. The van der Waals surface area contributed by atoms with Gasteiger partial charge in [0.1, 0.15) is 0 Å². The number of hydrogen-bond donors (Lipinski definition) is 0. The highest BCUT2D eigenvalue weighted by Crippen LogP contribution is 2.21. The van der Waals surface area contributed by atoms with Gasteiger partial charge < -0.3 is 0 Å². The lowest BCUT2D eigenvalue weighted by molar-refractivity contribution is 0.886. The van der Waals surface area contributed by atoms with Gasteiger partial charge in [0.15, 0.2) is 0 Å². The highest BCUT2D eigenvalue weighted by Gasteiger charge is 1.83. The Morgan fingerprint density at radius 1 is 0.583 bits per heavy atom. The second-order valence-corrected chi connectivity index (χ2v) is 5.35. The van der Waals surface area contributed by atoms with Gasteiger partial charge in [-0.1, -0.05) is 62.1 Å². The summed E-state index contributed by atoms with van der Waals surface area (Å²) in [5.41, 5.74) is 0. The molecule has 0 N–H and O–H groups in total. The molecule has 0 aliphatic rings. The van der Waals surface area contributed by atoms with Crippen LogP contribution in [0.2, 0.25) is 0 Å². The van der Waals surface area contributed by atoms with Crippen LogP contribution < -0.4 is 0 Å². The molecule has 0 spiro atoms. The molecule has 0 bridgehead atoms. The maximum atomic E-state index is 2.22. The van der Waals surface area contributed by atoms with Gasteiger partial charge in [0.2, 0.25) is 0 Å². The Kier molecular flexibility index (Phi) is 22.4. The Morgan fingerprint density at radius 3 is 1.08 bits per heavy atom. The van der Waals surface area contributed by atoms with Crippen LogP contribution in [0.25, 0.3) is 0 Å². The second kappa shape index (κ2) is 17.7. The van der Waals surface area contributed by atoms with Gasteiger partial charge >= 0.3 is 0 Å². The number of rotatable bonds is 6. The molecule has 12 heavy (non-hydrogen) atoms. The summed E-state index contributed by atoms with van der Waals surface area (Å²) >= 11 is 0. The van der Waals surface area contributed by atoms with E-state index in [0.29, 0.717) is 0 Å². The molecule has 0 amide bonds. The van der Waals surface area contributed by atoms with E-state index in [4.69, 9.17) is 0 Å². The first-order valence-corrected chi connectivity index (χ1v) is 7.56. The van der Waals surface area contributed by atoms with E-state index in [1.54, 1.807) is 0 Å². The minimum Gasteiger partial charge on any atom is -0.0942 e. The van der Waals surface area contributed by atoms with Crippen LogP contribution in [-0.4, -0.2) is 11.5 Å². The van der Waals surface area contributed by atoms with Crippen LogP contribution in [-0.2, 0) is 0 Å². The molecule has 0 aliphatic carbocycles. The molecule has 0 saturated heterocycles. The van der Waals surface area contributed by atoms with Crippen molar-refractivity contribution >= 4 is 21.6 Å². The van der Waals surface area contributed by atoms with E-state index >= 15 is 0 Å². The molecule has 0 saturated carbocycles. The van der Waals surface area contributed by atoms with Crippen molar-refractivity contribution in [3.63, 3.8) is 0 Å². The van der Waals surface area contributed by atoms with Gasteiger partial charge in [-0.2, -0.15) is 0 Å². The smallest absolute Gasteiger partial charge is 0.00343 e. The lowest BCUT2D eigenvalue weighted by atomic mass is 10.4. The van der Waals surface area contributed by atoms with Gasteiger partial charge in [0, 0.05) is 11.5 Å². The molecular formula is C10H24S2. The Bertz CT molecular complexity index is 47.8. The van der Waals surface area contributed by atoms with Crippen LogP contribution >= 0.6 is 21.6 Å². The Balaban J connectivity index is 0. The predicted octanol–water partition coefficient (Wildman–Crippen LogP) is 4.99. The molecule has 76 valence electrons. The van der Waals surface area contributed by atoms with Crippen LogP contribution in [0.1, 0.15) is 53.4 Å². The van der Waals surface area contributed by atoms with Gasteiger partial charge in [-0.15, -0.1) is 0 Å². The molecule has 0 unspecified atom stereocenters. The average molecular weight is 208 g/mol. The van der Waals surface area contributed by atoms with Crippen molar-refractivity contribution in [2.45, 2.75) is 53.4 Å². The fraction of sp³-hybridized carbons (Fsp3) is 1.00. The van der Waals surface area contributed by atoms with E-state index in [1.165, 1.54) is 37.2 Å². The fourth-order valence-electron chi connectivity index (χ4n) is 0.285. The maximum Gasteiger partial charge on any atom is 0.00343 e. The number of unbranched alkanes of at least 4 members (excludes halogenated alkanes) is 1. The molecule has 0 aromatic heterocycles. The summed E-state index contributed by atoms with van der Waals surface area (Å²) in [5.74, 6) is 2.62. The van der Waals surface area contributed by atoms with Crippen molar-refractivity contribution in [1.29, 1.82) is 0 Å². The van der Waals surface area contributed by atoms with Crippen LogP contribution in [0.15, 0.2) is 0 Å². The van der Waals surface area contributed by atoms with Crippen LogP contribution in [0.4, 0.5) is 0 Å². The Labute approximate surface area is 86.7 Å². The van der Waals surface area contributed by atoms with Gasteiger partial charge in [-0.3, -0.25) is 0 Å². The lowest BCUT2D eigenvalue weighted by Crippen LogP contribution is -1.70. The first-order chi connectivity index (χ1) is 5.83. The topological polar surface area (TPSA) is 0 Å². The molecule has 0 aromatic carbocycles. The van der Waals surface area contributed by atoms with Crippen LogP contribution in [0, 0.1) is 0 Å². The zero-order chi connectivity index (χ0) is 9.66. The summed E-state index contributed by atoms with van der Waals surface area (Å²) in [6.07, 6.45) is 5.25. The monoisotopic (exact) mass is 208 g/mol. The highest BCUT2D eigenvalue weighted by atomic mass is 33.1. The van der Waals surface area contributed by atoms with E-state index in [9.17, 15) is 0 Å². The molecule has 0 nitrogen and oxygen atoms in total. The van der Waals surface area contributed by atoms with Crippen LogP contribution in [0.5, 0.6) is 0 Å². The zero-order valence-electron chi connectivity index (χ0n) is 9.06. The van der Waals surface area contributed by atoms with Gasteiger partial charge in [-0.05, 0) is 12.8 Å². The van der Waals surface area contributed by atoms with E-state index in [2.05, 4.69) is 27.7 Å². The van der Waals surface area contributed by atoms with E-state index in [-0.39, 0.29) is 0 Å². The molecular weight excluding hydrogens is 184 g/mol. The van der Waals surface area contributed by atoms with E-state index in [0.717, 1.165) is 0 Å².